The van der Waals surface area contributed by atoms with Gasteiger partial charge in [0.1, 0.15) is 5.56 Å². The Hall–Kier alpha value is -3.65. The first-order chi connectivity index (χ1) is 16.0. The Morgan fingerprint density at radius 1 is 1.03 bits per heavy atom. The molecule has 0 spiro atoms. The lowest BCUT2D eigenvalue weighted by Crippen LogP contribution is -2.48. The molecule has 1 heterocycles. The van der Waals surface area contributed by atoms with Crippen LogP contribution in [0.1, 0.15) is 22.8 Å². The standard InChI is InChI=1S/C25H27N3O5/c1-3-33-24-16-22(28(30)31)21(15-23(24)32-2)25(29)27-13-11-26(12-14-27)17-19-9-6-8-18-7-4-5-10-20(18)19/h4-10,15-16H,3,11-14,17H2,1-2H3. The molecule has 0 aliphatic carbocycles. The number of carbonyl (C=O) groups excluding carboxylic acids is 1. The minimum atomic E-state index is -0.550. The molecule has 4 rings (SSSR count). The fourth-order valence-corrected chi connectivity index (χ4v) is 4.25. The molecule has 0 bridgehead atoms. The summed E-state index contributed by atoms with van der Waals surface area (Å²) in [7, 11) is 1.45. The van der Waals surface area contributed by atoms with E-state index >= 15 is 0 Å². The number of nitrogens with zero attached hydrogens (tertiary/aromatic N) is 3. The predicted molar refractivity (Wildman–Crippen MR) is 126 cm³/mol. The molecular formula is C25H27N3O5. The van der Waals surface area contributed by atoms with Crippen LogP contribution in [0.2, 0.25) is 0 Å². The van der Waals surface area contributed by atoms with E-state index < -0.39 is 4.92 Å². The third-order valence-electron chi connectivity index (χ3n) is 5.94. The summed E-state index contributed by atoms with van der Waals surface area (Å²) in [4.78, 5) is 28.3. The van der Waals surface area contributed by atoms with E-state index in [1.165, 1.54) is 35.6 Å². The van der Waals surface area contributed by atoms with Gasteiger partial charge in [0.25, 0.3) is 11.6 Å². The van der Waals surface area contributed by atoms with Gasteiger partial charge in [-0.1, -0.05) is 42.5 Å². The van der Waals surface area contributed by atoms with Crippen molar-refractivity contribution in [2.45, 2.75) is 13.5 Å². The quantitative estimate of drug-likeness (QED) is 0.399. The van der Waals surface area contributed by atoms with Crippen LogP contribution in [0.5, 0.6) is 11.5 Å². The van der Waals surface area contributed by atoms with Crippen LogP contribution in [0.25, 0.3) is 10.8 Å². The smallest absolute Gasteiger partial charge is 0.286 e. The molecule has 0 unspecified atom stereocenters. The summed E-state index contributed by atoms with van der Waals surface area (Å²) < 4.78 is 10.7. The van der Waals surface area contributed by atoms with Crippen molar-refractivity contribution < 1.29 is 19.2 Å². The maximum atomic E-state index is 13.2. The minimum Gasteiger partial charge on any atom is -0.493 e. The average molecular weight is 450 g/mol. The molecule has 1 fully saturated rings. The highest BCUT2D eigenvalue weighted by molar-refractivity contribution is 5.99. The number of benzene rings is 3. The van der Waals surface area contributed by atoms with Gasteiger partial charge >= 0.3 is 0 Å². The van der Waals surface area contributed by atoms with Crippen molar-refractivity contribution in [3.05, 3.63) is 75.8 Å². The lowest BCUT2D eigenvalue weighted by Gasteiger charge is -2.35. The van der Waals surface area contributed by atoms with E-state index in [0.717, 1.165) is 6.54 Å². The first-order valence-corrected chi connectivity index (χ1v) is 11.0. The molecule has 0 aromatic heterocycles. The molecule has 0 saturated carbocycles. The van der Waals surface area contributed by atoms with Crippen LogP contribution in [-0.4, -0.2) is 60.5 Å². The molecule has 1 aliphatic rings. The van der Waals surface area contributed by atoms with Crippen molar-refractivity contribution in [1.29, 1.82) is 0 Å². The summed E-state index contributed by atoms with van der Waals surface area (Å²) in [6.45, 7) is 5.28. The van der Waals surface area contributed by atoms with Gasteiger partial charge in [-0.2, -0.15) is 0 Å². The van der Waals surface area contributed by atoms with E-state index in [9.17, 15) is 14.9 Å². The maximum absolute atomic E-state index is 13.2. The average Bonchev–Trinajstić information content (AvgIpc) is 2.84. The number of nitro groups is 1. The van der Waals surface area contributed by atoms with Crippen molar-refractivity contribution in [2.24, 2.45) is 0 Å². The molecule has 0 N–H and O–H groups in total. The third kappa shape index (κ3) is 4.75. The van der Waals surface area contributed by atoms with Crippen LogP contribution in [0, 0.1) is 10.1 Å². The lowest BCUT2D eigenvalue weighted by atomic mass is 10.0. The normalized spacial score (nSPS) is 14.3. The second-order valence-electron chi connectivity index (χ2n) is 7.92. The topological polar surface area (TPSA) is 85.1 Å². The molecule has 8 nitrogen and oxygen atoms in total. The SMILES string of the molecule is CCOc1cc([N+](=O)[O-])c(C(=O)N2CCN(Cc3cccc4ccccc34)CC2)cc1OC. The first-order valence-electron chi connectivity index (χ1n) is 11.0. The van der Waals surface area contributed by atoms with Gasteiger partial charge in [0.15, 0.2) is 11.5 Å². The van der Waals surface area contributed by atoms with E-state index in [1.54, 1.807) is 11.8 Å². The van der Waals surface area contributed by atoms with Gasteiger partial charge < -0.3 is 14.4 Å². The van der Waals surface area contributed by atoms with Crippen LogP contribution < -0.4 is 9.47 Å². The largest absolute Gasteiger partial charge is 0.493 e. The van der Waals surface area contributed by atoms with Crippen molar-refractivity contribution in [2.75, 3.05) is 39.9 Å². The molecule has 8 heteroatoms. The van der Waals surface area contributed by atoms with Crippen molar-refractivity contribution in [1.82, 2.24) is 9.80 Å². The Labute approximate surface area is 192 Å². The highest BCUT2D eigenvalue weighted by Gasteiger charge is 2.30. The molecule has 0 radical (unpaired) electrons. The van der Waals surface area contributed by atoms with Gasteiger partial charge in [-0.05, 0) is 23.3 Å². The van der Waals surface area contributed by atoms with E-state index in [-0.39, 0.29) is 22.9 Å². The number of rotatable bonds is 7. The Balaban J connectivity index is 1.48. The zero-order chi connectivity index (χ0) is 23.4. The number of hydrogen-bond acceptors (Lipinski definition) is 6. The van der Waals surface area contributed by atoms with Crippen molar-refractivity contribution in [3.63, 3.8) is 0 Å². The number of amides is 1. The summed E-state index contributed by atoms with van der Waals surface area (Å²) in [6, 6.07) is 17.3. The third-order valence-corrected chi connectivity index (χ3v) is 5.94. The van der Waals surface area contributed by atoms with Crippen molar-refractivity contribution >= 4 is 22.4 Å². The zero-order valence-electron chi connectivity index (χ0n) is 18.8. The first kappa shape index (κ1) is 22.5. The highest BCUT2D eigenvalue weighted by Crippen LogP contribution is 2.35. The number of fused-ring (bicyclic) bond motifs is 1. The molecule has 1 aliphatic heterocycles. The summed E-state index contributed by atoms with van der Waals surface area (Å²) in [5.74, 6) is 0.191. The number of nitro benzene ring substituents is 1. The molecule has 172 valence electrons. The number of ether oxygens (including phenoxy) is 2. The van der Waals surface area contributed by atoms with Crippen LogP contribution in [0.3, 0.4) is 0 Å². The number of methoxy groups -OCH3 is 1. The molecule has 33 heavy (non-hydrogen) atoms. The van der Waals surface area contributed by atoms with Gasteiger partial charge in [-0.3, -0.25) is 19.8 Å². The molecule has 3 aromatic carbocycles. The zero-order valence-corrected chi connectivity index (χ0v) is 18.8. The van der Waals surface area contributed by atoms with Crippen LogP contribution >= 0.6 is 0 Å². The van der Waals surface area contributed by atoms with Gasteiger partial charge in [-0.25, -0.2) is 0 Å². The number of hydrogen-bond donors (Lipinski definition) is 0. The van der Waals surface area contributed by atoms with Gasteiger partial charge in [0, 0.05) is 38.8 Å². The second-order valence-corrected chi connectivity index (χ2v) is 7.92. The monoisotopic (exact) mass is 449 g/mol. The van der Waals surface area contributed by atoms with E-state index in [0.29, 0.717) is 38.5 Å². The summed E-state index contributed by atoms with van der Waals surface area (Å²) in [5, 5.41) is 14.1. The van der Waals surface area contributed by atoms with E-state index in [2.05, 4.69) is 35.2 Å². The molecule has 1 amide bonds. The molecule has 0 atom stereocenters. The molecule has 1 saturated heterocycles. The Bertz CT molecular complexity index is 1170. The maximum Gasteiger partial charge on any atom is 0.286 e. The molecular weight excluding hydrogens is 422 g/mol. The van der Waals surface area contributed by atoms with Crippen LogP contribution in [0.4, 0.5) is 5.69 Å². The highest BCUT2D eigenvalue weighted by atomic mass is 16.6. The predicted octanol–water partition coefficient (Wildman–Crippen LogP) is 4.11. The fourth-order valence-electron chi connectivity index (χ4n) is 4.25. The number of piperazine rings is 1. The summed E-state index contributed by atoms with van der Waals surface area (Å²) in [6.07, 6.45) is 0. The Morgan fingerprint density at radius 2 is 1.76 bits per heavy atom. The summed E-state index contributed by atoms with van der Waals surface area (Å²) in [5.41, 5.74) is 0.991. The van der Waals surface area contributed by atoms with Crippen molar-refractivity contribution in [3.8, 4) is 11.5 Å². The fraction of sp³-hybridized carbons (Fsp3) is 0.320. The number of carbonyl (C=O) groups is 1. The van der Waals surface area contributed by atoms with Crippen LogP contribution in [-0.2, 0) is 6.54 Å². The van der Waals surface area contributed by atoms with Gasteiger partial charge in [0.05, 0.1) is 24.7 Å². The van der Waals surface area contributed by atoms with E-state index in [1.807, 2.05) is 12.1 Å². The second kappa shape index (κ2) is 9.87. The summed E-state index contributed by atoms with van der Waals surface area (Å²) >= 11 is 0. The Morgan fingerprint density at radius 3 is 2.45 bits per heavy atom. The van der Waals surface area contributed by atoms with Crippen LogP contribution in [0.15, 0.2) is 54.6 Å². The molecule has 3 aromatic rings. The van der Waals surface area contributed by atoms with E-state index in [4.69, 9.17) is 9.47 Å². The lowest BCUT2D eigenvalue weighted by molar-refractivity contribution is -0.385. The minimum absolute atomic E-state index is 0.0165. The van der Waals surface area contributed by atoms with Gasteiger partial charge in [0.2, 0.25) is 0 Å². The Kier molecular flexibility index (Phi) is 6.74. The van der Waals surface area contributed by atoms with Gasteiger partial charge in [-0.15, -0.1) is 0 Å².